The lowest BCUT2D eigenvalue weighted by atomic mass is 10.1. The Morgan fingerprint density at radius 2 is 2.12 bits per heavy atom. The van der Waals surface area contributed by atoms with Crippen LogP contribution in [-0.4, -0.2) is 27.0 Å². The van der Waals surface area contributed by atoms with Crippen LogP contribution in [0.5, 0.6) is 0 Å². The van der Waals surface area contributed by atoms with E-state index in [1.807, 2.05) is 7.05 Å². The van der Waals surface area contributed by atoms with Crippen LogP contribution in [0.2, 0.25) is 0 Å². The van der Waals surface area contributed by atoms with Crippen LogP contribution in [0.3, 0.4) is 0 Å². The maximum absolute atomic E-state index is 9.64. The van der Waals surface area contributed by atoms with Gasteiger partial charge in [-0.2, -0.15) is 5.10 Å². The molecule has 0 radical (unpaired) electrons. The summed E-state index contributed by atoms with van der Waals surface area (Å²) in [4.78, 5) is 0. The maximum atomic E-state index is 9.64. The first-order chi connectivity index (χ1) is 7.35. The van der Waals surface area contributed by atoms with E-state index in [0.717, 1.165) is 24.4 Å². The predicted molar refractivity (Wildman–Crippen MR) is 66.4 cm³/mol. The van der Waals surface area contributed by atoms with Gasteiger partial charge in [0.1, 0.15) is 5.82 Å². The van der Waals surface area contributed by atoms with Gasteiger partial charge in [-0.15, -0.1) is 0 Å². The molecule has 0 fully saturated rings. The maximum Gasteiger partial charge on any atom is 0.147 e. The van der Waals surface area contributed by atoms with Gasteiger partial charge in [0.2, 0.25) is 0 Å². The van der Waals surface area contributed by atoms with Crippen LogP contribution < -0.4 is 11.1 Å². The summed E-state index contributed by atoms with van der Waals surface area (Å²) in [5, 5.41) is 17.1. The fourth-order valence-corrected chi connectivity index (χ4v) is 1.53. The zero-order valence-corrected chi connectivity index (χ0v) is 10.5. The van der Waals surface area contributed by atoms with Crippen LogP contribution in [-0.2, 0) is 13.5 Å². The van der Waals surface area contributed by atoms with Crippen LogP contribution in [0.4, 0.5) is 11.5 Å². The second-order valence-corrected chi connectivity index (χ2v) is 4.75. The van der Waals surface area contributed by atoms with E-state index in [-0.39, 0.29) is 0 Å². The number of nitrogen functional groups attached to an aromatic ring is 1. The minimum Gasteiger partial charge on any atom is -0.394 e. The van der Waals surface area contributed by atoms with Crippen LogP contribution in [0.15, 0.2) is 0 Å². The number of nitrogens with one attached hydrogen (secondary N) is 1. The van der Waals surface area contributed by atoms with Crippen molar-refractivity contribution in [2.24, 2.45) is 7.05 Å². The summed E-state index contributed by atoms with van der Waals surface area (Å²) in [6.45, 7) is 6.04. The Morgan fingerprint density at radius 3 is 2.62 bits per heavy atom. The molecule has 1 aromatic heterocycles. The molecule has 1 heterocycles. The molecule has 0 spiro atoms. The summed E-state index contributed by atoms with van der Waals surface area (Å²) in [5.74, 6) is 0.783. The third-order valence-corrected chi connectivity index (χ3v) is 2.34. The molecule has 5 nitrogen and oxygen atoms in total. The van der Waals surface area contributed by atoms with Crippen molar-refractivity contribution in [3.63, 3.8) is 0 Å². The second kappa shape index (κ2) is 4.74. The molecule has 16 heavy (non-hydrogen) atoms. The van der Waals surface area contributed by atoms with Crippen LogP contribution in [0, 0.1) is 0 Å². The number of nitrogens with two attached hydrogens (primary N) is 1. The van der Waals surface area contributed by atoms with Crippen LogP contribution in [0.25, 0.3) is 0 Å². The van der Waals surface area contributed by atoms with E-state index in [1.54, 1.807) is 18.5 Å². The van der Waals surface area contributed by atoms with E-state index < -0.39 is 5.60 Å². The lowest BCUT2D eigenvalue weighted by Crippen LogP contribution is -2.30. The van der Waals surface area contributed by atoms with E-state index in [2.05, 4.69) is 17.3 Å². The molecular formula is C11H22N4O. The lowest BCUT2D eigenvalue weighted by molar-refractivity contribution is 0.0944. The van der Waals surface area contributed by atoms with E-state index in [0.29, 0.717) is 12.2 Å². The van der Waals surface area contributed by atoms with Crippen molar-refractivity contribution < 1.29 is 5.11 Å². The van der Waals surface area contributed by atoms with Crippen molar-refractivity contribution in [3.05, 3.63) is 5.69 Å². The number of rotatable bonds is 5. The highest BCUT2D eigenvalue weighted by atomic mass is 16.3. The highest BCUT2D eigenvalue weighted by Crippen LogP contribution is 2.23. The average Bonchev–Trinajstić information content (AvgIpc) is 2.39. The van der Waals surface area contributed by atoms with Crippen LogP contribution >= 0.6 is 0 Å². The number of anilines is 2. The van der Waals surface area contributed by atoms with Gasteiger partial charge in [-0.1, -0.05) is 13.3 Å². The molecule has 5 heteroatoms. The van der Waals surface area contributed by atoms with Gasteiger partial charge < -0.3 is 16.2 Å². The lowest BCUT2D eigenvalue weighted by Gasteiger charge is -2.18. The molecule has 4 N–H and O–H groups in total. The zero-order chi connectivity index (χ0) is 12.3. The van der Waals surface area contributed by atoms with E-state index in [4.69, 9.17) is 5.73 Å². The molecule has 0 aliphatic heterocycles. The quantitative estimate of drug-likeness (QED) is 0.703. The minimum absolute atomic E-state index is 0.447. The Labute approximate surface area is 96.6 Å². The first-order valence-electron chi connectivity index (χ1n) is 5.62. The molecule has 0 atom stereocenters. The zero-order valence-electron chi connectivity index (χ0n) is 10.5. The fourth-order valence-electron chi connectivity index (χ4n) is 1.53. The molecule has 1 aromatic rings. The molecule has 92 valence electrons. The third-order valence-electron chi connectivity index (χ3n) is 2.34. The molecule has 0 unspecified atom stereocenters. The highest BCUT2D eigenvalue weighted by Gasteiger charge is 2.16. The number of hydrogen-bond acceptors (Lipinski definition) is 4. The molecule has 0 aliphatic carbocycles. The van der Waals surface area contributed by atoms with Crippen molar-refractivity contribution in [1.82, 2.24) is 9.78 Å². The predicted octanol–water partition coefficient (Wildman–Crippen LogP) is 1.14. The van der Waals surface area contributed by atoms with E-state index in [9.17, 15) is 5.11 Å². The normalized spacial score (nSPS) is 11.8. The van der Waals surface area contributed by atoms with E-state index >= 15 is 0 Å². The third kappa shape index (κ3) is 3.13. The Balaban J connectivity index is 2.80. The molecule has 1 rings (SSSR count). The Hall–Kier alpha value is -1.23. The number of hydrogen-bond donors (Lipinski definition) is 3. The fraction of sp³-hybridized carbons (Fsp3) is 0.727. The topological polar surface area (TPSA) is 76.1 Å². The van der Waals surface area contributed by atoms with Crippen molar-refractivity contribution in [1.29, 1.82) is 0 Å². The SMILES string of the molecule is CCCc1nn(C)c(NCC(C)(C)O)c1N. The van der Waals surface area contributed by atoms with Gasteiger partial charge in [-0.3, -0.25) is 4.68 Å². The van der Waals surface area contributed by atoms with Gasteiger partial charge >= 0.3 is 0 Å². The van der Waals surface area contributed by atoms with Gasteiger partial charge in [-0.05, 0) is 20.3 Å². The molecule has 0 amide bonds. The van der Waals surface area contributed by atoms with Crippen molar-refractivity contribution in [3.8, 4) is 0 Å². The van der Waals surface area contributed by atoms with Crippen molar-refractivity contribution in [2.45, 2.75) is 39.2 Å². The molecule has 0 aliphatic rings. The van der Waals surface area contributed by atoms with Gasteiger partial charge in [0.05, 0.1) is 17.0 Å². The minimum atomic E-state index is -0.762. The monoisotopic (exact) mass is 226 g/mol. The van der Waals surface area contributed by atoms with Crippen molar-refractivity contribution >= 4 is 11.5 Å². The van der Waals surface area contributed by atoms with Crippen molar-refractivity contribution in [2.75, 3.05) is 17.6 Å². The van der Waals surface area contributed by atoms with Crippen LogP contribution in [0.1, 0.15) is 32.9 Å². The van der Waals surface area contributed by atoms with Gasteiger partial charge in [-0.25, -0.2) is 0 Å². The standard InChI is InChI=1S/C11H22N4O/c1-5-6-8-9(12)10(15(4)14-8)13-7-11(2,3)16/h13,16H,5-7,12H2,1-4H3. The smallest absolute Gasteiger partial charge is 0.147 e. The largest absolute Gasteiger partial charge is 0.394 e. The first kappa shape index (κ1) is 12.8. The number of aromatic nitrogens is 2. The summed E-state index contributed by atoms with van der Waals surface area (Å²) >= 11 is 0. The second-order valence-electron chi connectivity index (χ2n) is 4.75. The summed E-state index contributed by atoms with van der Waals surface area (Å²) in [5.41, 5.74) is 6.84. The summed E-state index contributed by atoms with van der Waals surface area (Å²) in [6, 6.07) is 0. The number of aliphatic hydroxyl groups is 1. The highest BCUT2D eigenvalue weighted by molar-refractivity contribution is 5.65. The summed E-state index contributed by atoms with van der Waals surface area (Å²) in [7, 11) is 1.85. The Morgan fingerprint density at radius 1 is 1.50 bits per heavy atom. The molecule has 0 saturated heterocycles. The molecule has 0 aromatic carbocycles. The molecular weight excluding hydrogens is 204 g/mol. The summed E-state index contributed by atoms with van der Waals surface area (Å²) in [6.07, 6.45) is 1.90. The Kier molecular flexibility index (Phi) is 3.80. The first-order valence-corrected chi connectivity index (χ1v) is 5.62. The number of nitrogens with zero attached hydrogens (tertiary/aromatic N) is 2. The average molecular weight is 226 g/mol. The Bertz CT molecular complexity index is 352. The molecule has 0 saturated carbocycles. The van der Waals surface area contributed by atoms with Gasteiger partial charge in [0.15, 0.2) is 0 Å². The molecule has 0 bridgehead atoms. The number of aryl methyl sites for hydroxylation is 2. The van der Waals surface area contributed by atoms with Gasteiger partial charge in [0, 0.05) is 13.6 Å². The van der Waals surface area contributed by atoms with E-state index in [1.165, 1.54) is 0 Å². The summed E-state index contributed by atoms with van der Waals surface area (Å²) < 4.78 is 1.73. The van der Waals surface area contributed by atoms with Gasteiger partial charge in [0.25, 0.3) is 0 Å².